The number of halogens is 1. The van der Waals surface area contributed by atoms with Crippen LogP contribution in [0.1, 0.15) is 18.1 Å². The van der Waals surface area contributed by atoms with Gasteiger partial charge in [0.25, 0.3) is 0 Å². The average molecular weight is 306 g/mol. The second-order valence-corrected chi connectivity index (χ2v) is 5.80. The van der Waals surface area contributed by atoms with Crippen LogP contribution < -0.4 is 0 Å². The van der Waals surface area contributed by atoms with Gasteiger partial charge in [-0.25, -0.2) is 4.98 Å². The third-order valence-electron chi connectivity index (χ3n) is 3.84. The van der Waals surface area contributed by atoms with Crippen LogP contribution in [0.15, 0.2) is 43.0 Å². The van der Waals surface area contributed by atoms with Crippen molar-refractivity contribution in [1.29, 1.82) is 0 Å². The van der Waals surface area contributed by atoms with Crippen molar-refractivity contribution in [2.45, 2.75) is 19.1 Å². The van der Waals surface area contributed by atoms with Gasteiger partial charge in [0, 0.05) is 43.6 Å². The predicted molar refractivity (Wildman–Crippen MR) is 83.4 cm³/mol. The zero-order chi connectivity index (χ0) is 14.5. The van der Waals surface area contributed by atoms with Gasteiger partial charge in [-0.15, -0.1) is 0 Å². The fourth-order valence-corrected chi connectivity index (χ4v) is 2.81. The molecule has 1 aromatic heterocycles. The van der Waals surface area contributed by atoms with Gasteiger partial charge in [0.2, 0.25) is 0 Å². The first kappa shape index (κ1) is 14.6. The largest absolute Gasteiger partial charge is 0.371 e. The fourth-order valence-electron chi connectivity index (χ4n) is 2.68. The van der Waals surface area contributed by atoms with E-state index in [1.165, 1.54) is 5.56 Å². The van der Waals surface area contributed by atoms with E-state index >= 15 is 0 Å². The Kier molecular flexibility index (Phi) is 4.91. The van der Waals surface area contributed by atoms with Gasteiger partial charge in [-0.05, 0) is 24.1 Å². The number of aromatic nitrogens is 2. The summed E-state index contributed by atoms with van der Waals surface area (Å²) >= 11 is 5.94. The Morgan fingerprint density at radius 2 is 2.10 bits per heavy atom. The summed E-state index contributed by atoms with van der Waals surface area (Å²) in [7, 11) is 0. The van der Waals surface area contributed by atoms with E-state index in [1.807, 2.05) is 30.9 Å². The molecule has 112 valence electrons. The van der Waals surface area contributed by atoms with Crippen molar-refractivity contribution in [3.05, 3.63) is 53.6 Å². The van der Waals surface area contributed by atoms with E-state index in [0.29, 0.717) is 0 Å². The van der Waals surface area contributed by atoms with Crippen LogP contribution in [0.5, 0.6) is 0 Å². The maximum atomic E-state index is 5.94. The molecule has 1 atom stereocenters. The summed E-state index contributed by atoms with van der Waals surface area (Å²) in [5.41, 5.74) is 1.21. The van der Waals surface area contributed by atoms with Crippen LogP contribution in [0.25, 0.3) is 0 Å². The number of hydrogen-bond donors (Lipinski definition) is 0. The molecule has 0 radical (unpaired) electrons. The van der Waals surface area contributed by atoms with Crippen LogP contribution in [-0.4, -0.2) is 40.7 Å². The lowest BCUT2D eigenvalue weighted by Gasteiger charge is -2.33. The number of rotatable bonds is 5. The molecule has 0 spiro atoms. The molecule has 2 aromatic rings. The molecular weight excluding hydrogens is 286 g/mol. The Morgan fingerprint density at radius 1 is 1.24 bits per heavy atom. The number of aryl methyl sites for hydroxylation is 1. The maximum Gasteiger partial charge on any atom is 0.0952 e. The Bertz CT molecular complexity index is 541. The van der Waals surface area contributed by atoms with Crippen LogP contribution in [0.4, 0.5) is 0 Å². The smallest absolute Gasteiger partial charge is 0.0952 e. The SMILES string of the molecule is Clc1ccc([C@@H]2CN(CCCn3ccnc3)CCO2)cc1. The highest BCUT2D eigenvalue weighted by molar-refractivity contribution is 6.30. The second kappa shape index (κ2) is 7.07. The highest BCUT2D eigenvalue weighted by atomic mass is 35.5. The van der Waals surface area contributed by atoms with Crippen LogP contribution in [0.2, 0.25) is 5.02 Å². The summed E-state index contributed by atoms with van der Waals surface area (Å²) in [6.45, 7) is 4.85. The van der Waals surface area contributed by atoms with Crippen LogP contribution in [0, 0.1) is 0 Å². The molecule has 1 fully saturated rings. The Hall–Kier alpha value is -1.36. The van der Waals surface area contributed by atoms with Gasteiger partial charge in [0.15, 0.2) is 0 Å². The van der Waals surface area contributed by atoms with Gasteiger partial charge in [-0.2, -0.15) is 0 Å². The van der Waals surface area contributed by atoms with Crippen molar-refractivity contribution in [2.75, 3.05) is 26.2 Å². The number of ether oxygens (including phenoxy) is 1. The number of morpholine rings is 1. The first-order valence-corrected chi connectivity index (χ1v) is 7.74. The molecule has 3 rings (SSSR count). The molecule has 5 heteroatoms. The molecule has 0 bridgehead atoms. The normalized spacial score (nSPS) is 19.8. The first-order valence-electron chi connectivity index (χ1n) is 7.36. The maximum absolute atomic E-state index is 5.94. The van der Waals surface area contributed by atoms with Crippen molar-refractivity contribution in [3.63, 3.8) is 0 Å². The van der Waals surface area contributed by atoms with Crippen molar-refractivity contribution < 1.29 is 4.74 Å². The topological polar surface area (TPSA) is 30.3 Å². The lowest BCUT2D eigenvalue weighted by Crippen LogP contribution is -2.39. The summed E-state index contributed by atoms with van der Waals surface area (Å²) in [5, 5.41) is 0.770. The molecule has 0 amide bonds. The number of imidazole rings is 1. The third kappa shape index (κ3) is 4.06. The van der Waals surface area contributed by atoms with Gasteiger partial charge in [-0.1, -0.05) is 23.7 Å². The van der Waals surface area contributed by atoms with Gasteiger partial charge in [0.1, 0.15) is 0 Å². The van der Waals surface area contributed by atoms with Crippen molar-refractivity contribution in [1.82, 2.24) is 14.5 Å². The minimum Gasteiger partial charge on any atom is -0.371 e. The van der Waals surface area contributed by atoms with E-state index in [2.05, 4.69) is 26.6 Å². The van der Waals surface area contributed by atoms with Crippen molar-refractivity contribution in [3.8, 4) is 0 Å². The number of benzene rings is 1. The average Bonchev–Trinajstić information content (AvgIpc) is 3.02. The lowest BCUT2D eigenvalue weighted by atomic mass is 10.1. The second-order valence-electron chi connectivity index (χ2n) is 5.37. The van der Waals surface area contributed by atoms with Gasteiger partial charge < -0.3 is 9.30 Å². The third-order valence-corrected chi connectivity index (χ3v) is 4.09. The van der Waals surface area contributed by atoms with Crippen LogP contribution >= 0.6 is 11.6 Å². The highest BCUT2D eigenvalue weighted by Gasteiger charge is 2.21. The summed E-state index contributed by atoms with van der Waals surface area (Å²) in [6, 6.07) is 7.97. The number of hydrogen-bond acceptors (Lipinski definition) is 3. The minimum absolute atomic E-state index is 0.157. The van der Waals surface area contributed by atoms with Crippen molar-refractivity contribution >= 4 is 11.6 Å². The number of nitrogens with zero attached hydrogens (tertiary/aromatic N) is 3. The van der Waals surface area contributed by atoms with Crippen molar-refractivity contribution in [2.24, 2.45) is 0 Å². The van der Waals surface area contributed by atoms with E-state index in [0.717, 1.165) is 44.2 Å². The zero-order valence-corrected chi connectivity index (χ0v) is 12.7. The summed E-state index contributed by atoms with van der Waals surface area (Å²) in [5.74, 6) is 0. The van der Waals surface area contributed by atoms with Crippen LogP contribution in [0.3, 0.4) is 0 Å². The van der Waals surface area contributed by atoms with E-state index in [-0.39, 0.29) is 6.10 Å². The molecule has 0 aliphatic carbocycles. The molecule has 1 aromatic carbocycles. The molecule has 1 saturated heterocycles. The summed E-state index contributed by atoms with van der Waals surface area (Å²) in [4.78, 5) is 6.54. The van der Waals surface area contributed by atoms with Gasteiger partial charge in [0.05, 0.1) is 19.0 Å². The van der Waals surface area contributed by atoms with E-state index in [4.69, 9.17) is 16.3 Å². The molecule has 0 unspecified atom stereocenters. The highest BCUT2D eigenvalue weighted by Crippen LogP contribution is 2.23. The zero-order valence-electron chi connectivity index (χ0n) is 12.0. The van der Waals surface area contributed by atoms with Gasteiger partial charge in [-0.3, -0.25) is 4.90 Å². The Labute approximate surface area is 130 Å². The van der Waals surface area contributed by atoms with Crippen LogP contribution in [-0.2, 0) is 11.3 Å². The molecule has 21 heavy (non-hydrogen) atoms. The monoisotopic (exact) mass is 305 g/mol. The lowest BCUT2D eigenvalue weighted by molar-refractivity contribution is -0.0304. The minimum atomic E-state index is 0.157. The standard InChI is InChI=1S/C16H20ClN3O/c17-15-4-2-14(3-5-15)16-12-19(10-11-21-16)7-1-8-20-9-6-18-13-20/h2-6,9,13,16H,1,7-8,10-12H2/t16-/m0/s1. The quantitative estimate of drug-likeness (QED) is 0.850. The van der Waals surface area contributed by atoms with E-state index in [1.54, 1.807) is 0 Å². The van der Waals surface area contributed by atoms with Gasteiger partial charge >= 0.3 is 0 Å². The molecule has 1 aliphatic heterocycles. The predicted octanol–water partition coefficient (Wildman–Crippen LogP) is 3.00. The van der Waals surface area contributed by atoms with E-state index in [9.17, 15) is 0 Å². The molecule has 2 heterocycles. The Balaban J connectivity index is 1.49. The summed E-state index contributed by atoms with van der Waals surface area (Å²) < 4.78 is 8.01. The molecule has 1 aliphatic rings. The Morgan fingerprint density at radius 3 is 2.86 bits per heavy atom. The van der Waals surface area contributed by atoms with E-state index < -0.39 is 0 Å². The molecule has 0 saturated carbocycles. The first-order chi connectivity index (χ1) is 10.3. The fraction of sp³-hybridized carbons (Fsp3) is 0.438. The molecule has 0 N–H and O–H groups in total. The summed E-state index contributed by atoms with van der Waals surface area (Å²) in [6.07, 6.45) is 6.99. The molecule has 4 nitrogen and oxygen atoms in total. The molecular formula is C16H20ClN3O.